The molecular formula is C13H17N3O. The minimum absolute atomic E-state index is 0.0151. The van der Waals surface area contributed by atoms with Crippen molar-refractivity contribution >= 4 is 22.6 Å². The van der Waals surface area contributed by atoms with Gasteiger partial charge in [-0.2, -0.15) is 0 Å². The zero-order valence-electron chi connectivity index (χ0n) is 10.4. The van der Waals surface area contributed by atoms with Crippen molar-refractivity contribution in [3.8, 4) is 0 Å². The van der Waals surface area contributed by atoms with E-state index in [4.69, 9.17) is 0 Å². The summed E-state index contributed by atoms with van der Waals surface area (Å²) in [7, 11) is 0. The van der Waals surface area contributed by atoms with Crippen LogP contribution in [-0.2, 0) is 11.2 Å². The van der Waals surface area contributed by atoms with Crippen molar-refractivity contribution in [3.05, 3.63) is 24.0 Å². The fourth-order valence-electron chi connectivity index (χ4n) is 1.59. The number of hydrogen-bond donors (Lipinski definition) is 2. The van der Waals surface area contributed by atoms with Crippen LogP contribution >= 0.6 is 0 Å². The van der Waals surface area contributed by atoms with Crippen LogP contribution in [0.15, 0.2) is 18.2 Å². The Bertz CT molecular complexity index is 543. The first-order chi connectivity index (χ1) is 8.10. The van der Waals surface area contributed by atoms with E-state index in [0.29, 0.717) is 0 Å². The van der Waals surface area contributed by atoms with Crippen molar-refractivity contribution in [2.45, 2.75) is 27.2 Å². The zero-order chi connectivity index (χ0) is 12.4. The van der Waals surface area contributed by atoms with Crippen LogP contribution in [0, 0.1) is 5.92 Å². The third kappa shape index (κ3) is 2.46. The number of fused-ring (bicyclic) bond motifs is 1. The van der Waals surface area contributed by atoms with Gasteiger partial charge in [0, 0.05) is 18.0 Å². The Morgan fingerprint density at radius 2 is 2.24 bits per heavy atom. The summed E-state index contributed by atoms with van der Waals surface area (Å²) in [5.41, 5.74) is 2.70. The van der Waals surface area contributed by atoms with Gasteiger partial charge in [-0.15, -0.1) is 0 Å². The van der Waals surface area contributed by atoms with Gasteiger partial charge in [-0.1, -0.05) is 20.8 Å². The number of aryl methyl sites for hydroxylation is 1. The molecule has 4 nitrogen and oxygen atoms in total. The predicted molar refractivity (Wildman–Crippen MR) is 68.9 cm³/mol. The van der Waals surface area contributed by atoms with E-state index in [1.807, 2.05) is 32.0 Å². The van der Waals surface area contributed by atoms with Crippen LogP contribution in [0.25, 0.3) is 11.0 Å². The van der Waals surface area contributed by atoms with E-state index < -0.39 is 0 Å². The van der Waals surface area contributed by atoms with Crippen LogP contribution in [0.2, 0.25) is 0 Å². The molecule has 90 valence electrons. The average molecular weight is 231 g/mol. The highest BCUT2D eigenvalue weighted by Gasteiger charge is 2.08. The second-order valence-electron chi connectivity index (χ2n) is 4.41. The number of carbonyl (C=O) groups excluding carboxylic acids is 1. The fourth-order valence-corrected chi connectivity index (χ4v) is 1.59. The summed E-state index contributed by atoms with van der Waals surface area (Å²) in [5, 5.41) is 2.87. The van der Waals surface area contributed by atoms with E-state index in [1.54, 1.807) is 0 Å². The molecule has 0 atom stereocenters. The van der Waals surface area contributed by atoms with Gasteiger partial charge in [0.2, 0.25) is 5.91 Å². The number of H-pyrrole nitrogens is 1. The van der Waals surface area contributed by atoms with Crippen molar-refractivity contribution in [2.75, 3.05) is 5.32 Å². The summed E-state index contributed by atoms with van der Waals surface area (Å²) >= 11 is 0. The maximum absolute atomic E-state index is 11.6. The Kier molecular flexibility index (Phi) is 3.13. The van der Waals surface area contributed by atoms with Crippen LogP contribution in [0.5, 0.6) is 0 Å². The third-order valence-electron chi connectivity index (χ3n) is 2.66. The third-order valence-corrected chi connectivity index (χ3v) is 2.66. The molecule has 0 radical (unpaired) electrons. The van der Waals surface area contributed by atoms with E-state index in [-0.39, 0.29) is 11.8 Å². The Hall–Kier alpha value is -1.84. The molecule has 2 aromatic rings. The lowest BCUT2D eigenvalue weighted by atomic mass is 10.2. The number of benzene rings is 1. The molecule has 1 aromatic carbocycles. The molecular weight excluding hydrogens is 214 g/mol. The van der Waals surface area contributed by atoms with Gasteiger partial charge in [-0.05, 0) is 18.2 Å². The summed E-state index contributed by atoms with van der Waals surface area (Å²) in [5.74, 6) is 0.977. The highest BCUT2D eigenvalue weighted by Crippen LogP contribution is 2.18. The molecule has 2 N–H and O–H groups in total. The molecule has 0 saturated heterocycles. The minimum Gasteiger partial charge on any atom is -0.342 e. The van der Waals surface area contributed by atoms with Gasteiger partial charge < -0.3 is 10.3 Å². The minimum atomic E-state index is -0.0151. The van der Waals surface area contributed by atoms with Crippen LogP contribution in [-0.4, -0.2) is 15.9 Å². The maximum atomic E-state index is 11.6. The van der Waals surface area contributed by atoms with Gasteiger partial charge in [0.1, 0.15) is 5.82 Å². The van der Waals surface area contributed by atoms with Gasteiger partial charge in [-0.3, -0.25) is 4.79 Å². The van der Waals surface area contributed by atoms with Crippen LogP contribution in [0.3, 0.4) is 0 Å². The van der Waals surface area contributed by atoms with E-state index in [0.717, 1.165) is 29.0 Å². The lowest BCUT2D eigenvalue weighted by Gasteiger charge is -2.07. The Morgan fingerprint density at radius 1 is 1.47 bits per heavy atom. The molecule has 0 bridgehead atoms. The highest BCUT2D eigenvalue weighted by atomic mass is 16.1. The van der Waals surface area contributed by atoms with Crippen molar-refractivity contribution in [2.24, 2.45) is 5.92 Å². The van der Waals surface area contributed by atoms with Crippen molar-refractivity contribution in [1.82, 2.24) is 9.97 Å². The van der Waals surface area contributed by atoms with E-state index >= 15 is 0 Å². The largest absolute Gasteiger partial charge is 0.342 e. The number of carbonyl (C=O) groups is 1. The number of amides is 1. The van der Waals surface area contributed by atoms with Crippen LogP contribution in [0.4, 0.5) is 5.69 Å². The number of aromatic nitrogens is 2. The number of imidazole rings is 1. The molecule has 1 heterocycles. The Labute approximate surface area is 100 Å². The summed E-state index contributed by atoms with van der Waals surface area (Å²) in [4.78, 5) is 19.2. The second-order valence-corrected chi connectivity index (χ2v) is 4.41. The molecule has 1 amide bonds. The molecule has 0 spiro atoms. The van der Waals surface area contributed by atoms with Gasteiger partial charge in [0.05, 0.1) is 11.0 Å². The number of aromatic amines is 1. The van der Waals surface area contributed by atoms with Gasteiger partial charge in [-0.25, -0.2) is 4.98 Å². The van der Waals surface area contributed by atoms with E-state index in [1.165, 1.54) is 0 Å². The molecule has 0 fully saturated rings. The molecule has 0 saturated carbocycles. The summed E-state index contributed by atoms with van der Waals surface area (Å²) in [6, 6.07) is 5.71. The first-order valence-corrected chi connectivity index (χ1v) is 5.89. The summed E-state index contributed by atoms with van der Waals surface area (Å²) < 4.78 is 0. The molecule has 2 rings (SSSR count). The normalized spacial score (nSPS) is 11.1. The fraction of sp³-hybridized carbons (Fsp3) is 0.385. The van der Waals surface area contributed by atoms with Crippen LogP contribution < -0.4 is 5.32 Å². The lowest BCUT2D eigenvalue weighted by molar-refractivity contribution is -0.118. The standard InChI is InChI=1S/C13H17N3O/c1-4-12-15-10-6-5-9(7-11(10)16-12)14-13(17)8(2)3/h5-8H,4H2,1-3H3,(H,14,17)(H,15,16). The molecule has 0 unspecified atom stereocenters. The molecule has 1 aromatic heterocycles. The SMILES string of the molecule is CCc1nc2ccc(NC(=O)C(C)C)cc2[nH]1. The van der Waals surface area contributed by atoms with Gasteiger partial charge >= 0.3 is 0 Å². The second kappa shape index (κ2) is 4.57. The monoisotopic (exact) mass is 231 g/mol. The van der Waals surface area contributed by atoms with Crippen molar-refractivity contribution < 1.29 is 4.79 Å². The summed E-state index contributed by atoms with van der Waals surface area (Å²) in [6.07, 6.45) is 0.877. The molecule has 17 heavy (non-hydrogen) atoms. The quantitative estimate of drug-likeness (QED) is 0.853. The maximum Gasteiger partial charge on any atom is 0.226 e. The molecule has 0 aliphatic rings. The first-order valence-electron chi connectivity index (χ1n) is 5.89. The smallest absolute Gasteiger partial charge is 0.226 e. The molecule has 0 aliphatic carbocycles. The highest BCUT2D eigenvalue weighted by molar-refractivity contribution is 5.94. The Balaban J connectivity index is 2.28. The number of rotatable bonds is 3. The van der Waals surface area contributed by atoms with Gasteiger partial charge in [0.25, 0.3) is 0 Å². The zero-order valence-corrected chi connectivity index (χ0v) is 10.4. The number of nitrogens with one attached hydrogen (secondary N) is 2. The number of hydrogen-bond acceptors (Lipinski definition) is 2. The topological polar surface area (TPSA) is 57.8 Å². The van der Waals surface area contributed by atoms with E-state index in [2.05, 4.69) is 22.2 Å². The predicted octanol–water partition coefficient (Wildman–Crippen LogP) is 2.72. The number of anilines is 1. The van der Waals surface area contributed by atoms with Crippen molar-refractivity contribution in [3.63, 3.8) is 0 Å². The van der Waals surface area contributed by atoms with Crippen LogP contribution in [0.1, 0.15) is 26.6 Å². The van der Waals surface area contributed by atoms with Crippen molar-refractivity contribution in [1.29, 1.82) is 0 Å². The first kappa shape index (κ1) is 11.6. The lowest BCUT2D eigenvalue weighted by Crippen LogP contribution is -2.17. The van der Waals surface area contributed by atoms with Gasteiger partial charge in [0.15, 0.2) is 0 Å². The molecule has 0 aliphatic heterocycles. The summed E-state index contributed by atoms with van der Waals surface area (Å²) in [6.45, 7) is 5.80. The Morgan fingerprint density at radius 3 is 2.88 bits per heavy atom. The molecule has 4 heteroatoms. The average Bonchev–Trinajstić information content (AvgIpc) is 2.70. The number of nitrogens with zero attached hydrogens (tertiary/aromatic N) is 1. The van der Waals surface area contributed by atoms with E-state index in [9.17, 15) is 4.79 Å².